The molecule has 0 aromatic heterocycles. The summed E-state index contributed by atoms with van der Waals surface area (Å²) >= 11 is 0. The number of nitrogens with two attached hydrogens (primary N) is 1. The van der Waals surface area contributed by atoms with Gasteiger partial charge in [0, 0.05) is 18.8 Å². The molecule has 0 aliphatic carbocycles. The first-order chi connectivity index (χ1) is 10.2. The molecule has 0 unspecified atom stereocenters. The summed E-state index contributed by atoms with van der Waals surface area (Å²) in [6.45, 7) is 4.03. The molecule has 1 fully saturated rings. The van der Waals surface area contributed by atoms with Crippen LogP contribution in [0.5, 0.6) is 0 Å². The van der Waals surface area contributed by atoms with Gasteiger partial charge in [-0.3, -0.25) is 0 Å². The van der Waals surface area contributed by atoms with Crippen LogP contribution in [0, 0.1) is 11.3 Å². The Balaban J connectivity index is 2.23. The fraction of sp³-hybridized carbons (Fsp3) is 0.375. The Morgan fingerprint density at radius 1 is 1.33 bits per heavy atom. The minimum absolute atomic E-state index is 0.147. The first-order valence-corrected chi connectivity index (χ1v) is 7.09. The molecular weight excluding hydrogens is 266 g/mol. The molecule has 0 radical (unpaired) electrons. The third-order valence-corrected chi connectivity index (χ3v) is 3.51. The summed E-state index contributed by atoms with van der Waals surface area (Å²) in [4.78, 5) is 14.0. The lowest BCUT2D eigenvalue weighted by Crippen LogP contribution is -2.17. The average Bonchev–Trinajstić information content (AvgIpc) is 3.02. The topological polar surface area (TPSA) is 79.3 Å². The predicted molar refractivity (Wildman–Crippen MR) is 81.2 cm³/mol. The monoisotopic (exact) mass is 285 g/mol. The summed E-state index contributed by atoms with van der Waals surface area (Å²) in [5.41, 5.74) is 7.73. The van der Waals surface area contributed by atoms with Crippen molar-refractivity contribution in [2.45, 2.75) is 19.8 Å². The lowest BCUT2D eigenvalue weighted by Gasteiger charge is -2.17. The SMILES string of the molecule is CCOC(=O)/C(C#N)=C(\N)c1ccc(N2CCCC2)cc1. The third-order valence-electron chi connectivity index (χ3n) is 3.51. The molecule has 0 amide bonds. The van der Waals surface area contributed by atoms with E-state index in [4.69, 9.17) is 15.7 Å². The lowest BCUT2D eigenvalue weighted by molar-refractivity contribution is -0.137. The number of carbonyl (C=O) groups is 1. The first-order valence-electron chi connectivity index (χ1n) is 7.09. The summed E-state index contributed by atoms with van der Waals surface area (Å²) in [6, 6.07) is 9.42. The van der Waals surface area contributed by atoms with E-state index in [9.17, 15) is 4.79 Å². The normalized spacial score (nSPS) is 15.3. The van der Waals surface area contributed by atoms with E-state index in [0.717, 1.165) is 18.8 Å². The van der Waals surface area contributed by atoms with Gasteiger partial charge in [-0.2, -0.15) is 5.26 Å². The van der Waals surface area contributed by atoms with Crippen LogP contribution in [0.3, 0.4) is 0 Å². The van der Waals surface area contributed by atoms with E-state index in [1.807, 2.05) is 30.3 Å². The zero-order valence-corrected chi connectivity index (χ0v) is 12.1. The molecular formula is C16H19N3O2. The molecule has 2 N–H and O–H groups in total. The van der Waals surface area contributed by atoms with E-state index >= 15 is 0 Å². The molecule has 1 aliphatic rings. The fourth-order valence-electron chi connectivity index (χ4n) is 2.39. The molecule has 0 spiro atoms. The van der Waals surface area contributed by atoms with E-state index in [-0.39, 0.29) is 17.9 Å². The van der Waals surface area contributed by atoms with Crippen molar-refractivity contribution < 1.29 is 9.53 Å². The molecule has 1 saturated heterocycles. The van der Waals surface area contributed by atoms with Crippen molar-refractivity contribution in [1.29, 1.82) is 5.26 Å². The number of esters is 1. The maximum Gasteiger partial charge on any atom is 0.351 e. The Morgan fingerprint density at radius 2 is 1.95 bits per heavy atom. The van der Waals surface area contributed by atoms with Gasteiger partial charge in [-0.05, 0) is 37.5 Å². The Morgan fingerprint density at radius 3 is 2.48 bits per heavy atom. The molecule has 0 saturated carbocycles. The van der Waals surface area contributed by atoms with Gasteiger partial charge >= 0.3 is 5.97 Å². The number of hydrogen-bond donors (Lipinski definition) is 1. The Kier molecular flexibility index (Phi) is 4.83. The largest absolute Gasteiger partial charge is 0.462 e. The van der Waals surface area contributed by atoms with Crippen molar-refractivity contribution in [2.24, 2.45) is 5.73 Å². The van der Waals surface area contributed by atoms with Crippen molar-refractivity contribution in [2.75, 3.05) is 24.6 Å². The van der Waals surface area contributed by atoms with Gasteiger partial charge in [-0.1, -0.05) is 12.1 Å². The summed E-state index contributed by atoms with van der Waals surface area (Å²) in [5.74, 6) is -0.680. The minimum Gasteiger partial charge on any atom is -0.462 e. The highest BCUT2D eigenvalue weighted by Gasteiger charge is 2.17. The van der Waals surface area contributed by atoms with Crippen LogP contribution in [0.15, 0.2) is 29.8 Å². The molecule has 1 aliphatic heterocycles. The highest BCUT2D eigenvalue weighted by atomic mass is 16.5. The molecule has 5 heteroatoms. The number of hydrogen-bond acceptors (Lipinski definition) is 5. The van der Waals surface area contributed by atoms with Gasteiger partial charge in [0.25, 0.3) is 0 Å². The van der Waals surface area contributed by atoms with Crippen molar-refractivity contribution in [3.8, 4) is 6.07 Å². The molecule has 0 bridgehead atoms. The van der Waals surface area contributed by atoms with Crippen LogP contribution in [0.2, 0.25) is 0 Å². The maximum absolute atomic E-state index is 11.7. The number of rotatable bonds is 4. The van der Waals surface area contributed by atoms with Gasteiger partial charge in [0.05, 0.1) is 12.3 Å². The van der Waals surface area contributed by atoms with Gasteiger partial charge < -0.3 is 15.4 Å². The lowest BCUT2D eigenvalue weighted by atomic mass is 10.1. The number of ether oxygens (including phenoxy) is 1. The molecule has 1 heterocycles. The molecule has 1 aromatic carbocycles. The van der Waals surface area contributed by atoms with E-state index < -0.39 is 5.97 Å². The second-order valence-electron chi connectivity index (χ2n) is 4.86. The molecule has 5 nitrogen and oxygen atoms in total. The highest BCUT2D eigenvalue weighted by Crippen LogP contribution is 2.23. The number of anilines is 1. The van der Waals surface area contributed by atoms with Crippen molar-refractivity contribution >= 4 is 17.4 Å². The van der Waals surface area contributed by atoms with Crippen molar-refractivity contribution in [3.05, 3.63) is 35.4 Å². The fourth-order valence-corrected chi connectivity index (χ4v) is 2.39. The molecule has 1 aromatic rings. The van der Waals surface area contributed by atoms with Crippen LogP contribution < -0.4 is 10.6 Å². The summed E-state index contributed by atoms with van der Waals surface area (Å²) in [6.07, 6.45) is 2.43. The van der Waals surface area contributed by atoms with Gasteiger partial charge in [-0.25, -0.2) is 4.79 Å². The van der Waals surface area contributed by atoms with Gasteiger partial charge in [0.2, 0.25) is 0 Å². The molecule has 2 rings (SSSR count). The highest BCUT2D eigenvalue weighted by molar-refractivity contribution is 6.01. The molecule has 110 valence electrons. The summed E-state index contributed by atoms with van der Waals surface area (Å²) in [5, 5.41) is 9.09. The second kappa shape index (κ2) is 6.80. The zero-order chi connectivity index (χ0) is 15.2. The van der Waals surface area contributed by atoms with Crippen LogP contribution in [-0.2, 0) is 9.53 Å². The van der Waals surface area contributed by atoms with E-state index in [1.54, 1.807) is 6.92 Å². The quantitative estimate of drug-likeness (QED) is 0.520. The van der Waals surface area contributed by atoms with Gasteiger partial charge in [0.15, 0.2) is 5.57 Å². The second-order valence-corrected chi connectivity index (χ2v) is 4.86. The number of carbonyl (C=O) groups excluding carboxylic acids is 1. The van der Waals surface area contributed by atoms with E-state index in [1.165, 1.54) is 12.8 Å². The smallest absolute Gasteiger partial charge is 0.351 e. The average molecular weight is 285 g/mol. The Bertz CT molecular complexity index is 579. The standard InChI is InChI=1S/C16H19N3O2/c1-2-21-16(20)14(11-17)15(18)12-5-7-13(8-6-12)19-9-3-4-10-19/h5-8H,2-4,9-10,18H2,1H3/b15-14-. The van der Waals surface area contributed by atoms with Crippen LogP contribution in [0.25, 0.3) is 5.70 Å². The Labute approximate surface area is 124 Å². The maximum atomic E-state index is 11.7. The molecule has 0 atom stereocenters. The first kappa shape index (κ1) is 14.9. The minimum atomic E-state index is -0.680. The summed E-state index contributed by atoms with van der Waals surface area (Å²) in [7, 11) is 0. The van der Waals surface area contributed by atoms with E-state index in [0.29, 0.717) is 5.56 Å². The van der Waals surface area contributed by atoms with Gasteiger partial charge in [0.1, 0.15) is 6.07 Å². The summed E-state index contributed by atoms with van der Waals surface area (Å²) < 4.78 is 4.84. The van der Waals surface area contributed by atoms with Crippen LogP contribution >= 0.6 is 0 Å². The van der Waals surface area contributed by atoms with Crippen LogP contribution in [0.1, 0.15) is 25.3 Å². The van der Waals surface area contributed by atoms with E-state index in [2.05, 4.69) is 4.90 Å². The van der Waals surface area contributed by atoms with Crippen molar-refractivity contribution in [3.63, 3.8) is 0 Å². The number of nitrogens with zero attached hydrogens (tertiary/aromatic N) is 2. The van der Waals surface area contributed by atoms with Crippen LogP contribution in [0.4, 0.5) is 5.69 Å². The number of benzene rings is 1. The molecule has 21 heavy (non-hydrogen) atoms. The van der Waals surface area contributed by atoms with Gasteiger partial charge in [-0.15, -0.1) is 0 Å². The van der Waals surface area contributed by atoms with Crippen molar-refractivity contribution in [1.82, 2.24) is 0 Å². The van der Waals surface area contributed by atoms with Crippen LogP contribution in [-0.4, -0.2) is 25.7 Å². The Hall–Kier alpha value is -2.48. The third kappa shape index (κ3) is 3.34. The number of nitriles is 1. The zero-order valence-electron chi connectivity index (χ0n) is 12.1. The predicted octanol–water partition coefficient (Wildman–Crippen LogP) is 2.04.